The molecule has 0 bridgehead atoms. The van der Waals surface area contributed by atoms with Crippen molar-refractivity contribution >= 4 is 23.2 Å². The average molecular weight is 297 g/mol. The number of nitrogens with zero attached hydrogens (tertiary/aromatic N) is 1. The van der Waals surface area contributed by atoms with Crippen LogP contribution in [0.15, 0.2) is 30.3 Å². The SMILES string of the molecule is CCc1cc(C(=O)Nc2ccc(F)cc2F)cc(Cl)n1. The van der Waals surface area contributed by atoms with Crippen molar-refractivity contribution in [2.45, 2.75) is 13.3 Å². The van der Waals surface area contributed by atoms with Crippen LogP contribution in [0.25, 0.3) is 0 Å². The van der Waals surface area contributed by atoms with E-state index < -0.39 is 17.5 Å². The molecule has 0 radical (unpaired) electrons. The fourth-order valence-corrected chi connectivity index (χ4v) is 1.87. The molecule has 0 spiro atoms. The summed E-state index contributed by atoms with van der Waals surface area (Å²) in [5.74, 6) is -2.08. The van der Waals surface area contributed by atoms with Gasteiger partial charge in [-0.2, -0.15) is 0 Å². The lowest BCUT2D eigenvalue weighted by Gasteiger charge is -2.08. The molecule has 20 heavy (non-hydrogen) atoms. The molecule has 0 aliphatic carbocycles. The van der Waals surface area contributed by atoms with Crippen molar-refractivity contribution in [3.8, 4) is 0 Å². The summed E-state index contributed by atoms with van der Waals surface area (Å²) in [5.41, 5.74) is 0.829. The van der Waals surface area contributed by atoms with Gasteiger partial charge >= 0.3 is 0 Å². The van der Waals surface area contributed by atoms with E-state index in [1.54, 1.807) is 6.07 Å². The van der Waals surface area contributed by atoms with Crippen LogP contribution >= 0.6 is 11.6 Å². The van der Waals surface area contributed by atoms with Gasteiger partial charge in [0.25, 0.3) is 5.91 Å². The number of aryl methyl sites for hydroxylation is 1. The number of rotatable bonds is 3. The largest absolute Gasteiger partial charge is 0.319 e. The van der Waals surface area contributed by atoms with Crippen molar-refractivity contribution < 1.29 is 13.6 Å². The summed E-state index contributed by atoms with van der Waals surface area (Å²) in [4.78, 5) is 16.0. The minimum atomic E-state index is -0.839. The molecule has 3 nitrogen and oxygen atoms in total. The quantitative estimate of drug-likeness (QED) is 0.875. The first-order valence-corrected chi connectivity index (χ1v) is 6.30. The monoisotopic (exact) mass is 296 g/mol. The summed E-state index contributed by atoms with van der Waals surface area (Å²) in [6.07, 6.45) is 0.617. The molecule has 1 aromatic carbocycles. The number of aromatic nitrogens is 1. The van der Waals surface area contributed by atoms with E-state index in [9.17, 15) is 13.6 Å². The number of carbonyl (C=O) groups excluding carboxylic acids is 1. The number of anilines is 1. The van der Waals surface area contributed by atoms with Gasteiger partial charge in [0.2, 0.25) is 0 Å². The molecule has 1 N–H and O–H groups in total. The molecular weight excluding hydrogens is 286 g/mol. The first-order valence-electron chi connectivity index (χ1n) is 5.92. The summed E-state index contributed by atoms with van der Waals surface area (Å²) in [6, 6.07) is 5.88. The maximum absolute atomic E-state index is 13.5. The second-order valence-corrected chi connectivity index (χ2v) is 4.49. The first-order chi connectivity index (χ1) is 9.49. The molecule has 1 amide bonds. The predicted octanol–water partition coefficient (Wildman–Crippen LogP) is 3.83. The maximum atomic E-state index is 13.5. The van der Waals surface area contributed by atoms with Gasteiger partial charge in [-0.15, -0.1) is 0 Å². The van der Waals surface area contributed by atoms with Crippen LogP contribution in [0.2, 0.25) is 5.15 Å². The topological polar surface area (TPSA) is 42.0 Å². The van der Waals surface area contributed by atoms with E-state index >= 15 is 0 Å². The van der Waals surface area contributed by atoms with Crippen LogP contribution in [0.3, 0.4) is 0 Å². The molecule has 1 aromatic heterocycles. The van der Waals surface area contributed by atoms with Crippen LogP contribution in [0.4, 0.5) is 14.5 Å². The Morgan fingerprint density at radius 1 is 1.30 bits per heavy atom. The van der Waals surface area contributed by atoms with Crippen LogP contribution in [-0.2, 0) is 6.42 Å². The van der Waals surface area contributed by atoms with Crippen LogP contribution in [0.1, 0.15) is 23.0 Å². The molecule has 2 rings (SSSR count). The Kier molecular flexibility index (Phi) is 4.29. The van der Waals surface area contributed by atoms with Gasteiger partial charge in [0.15, 0.2) is 0 Å². The zero-order chi connectivity index (χ0) is 14.7. The van der Waals surface area contributed by atoms with Crippen LogP contribution in [-0.4, -0.2) is 10.9 Å². The number of benzene rings is 1. The third-order valence-corrected chi connectivity index (χ3v) is 2.84. The highest BCUT2D eigenvalue weighted by Crippen LogP contribution is 2.17. The van der Waals surface area contributed by atoms with Crippen molar-refractivity contribution in [1.82, 2.24) is 4.98 Å². The van der Waals surface area contributed by atoms with Gasteiger partial charge in [-0.05, 0) is 30.7 Å². The maximum Gasteiger partial charge on any atom is 0.255 e. The lowest BCUT2D eigenvalue weighted by molar-refractivity contribution is 0.102. The minimum Gasteiger partial charge on any atom is -0.319 e. The molecule has 0 atom stereocenters. The Hall–Kier alpha value is -2.01. The summed E-state index contributed by atoms with van der Waals surface area (Å²) >= 11 is 5.81. The normalized spacial score (nSPS) is 10.4. The third kappa shape index (κ3) is 3.30. The van der Waals surface area contributed by atoms with E-state index in [1.807, 2.05) is 6.92 Å². The van der Waals surface area contributed by atoms with Crippen molar-refractivity contribution in [2.75, 3.05) is 5.32 Å². The van der Waals surface area contributed by atoms with Crippen LogP contribution in [0.5, 0.6) is 0 Å². The summed E-state index contributed by atoms with van der Waals surface area (Å²) in [5, 5.41) is 2.55. The highest BCUT2D eigenvalue weighted by atomic mass is 35.5. The second kappa shape index (κ2) is 5.96. The number of pyridine rings is 1. The number of hydrogen-bond donors (Lipinski definition) is 1. The van der Waals surface area contributed by atoms with Gasteiger partial charge in [-0.25, -0.2) is 13.8 Å². The Balaban J connectivity index is 2.26. The molecule has 104 valence electrons. The highest BCUT2D eigenvalue weighted by Gasteiger charge is 2.12. The molecule has 0 saturated heterocycles. The number of hydrogen-bond acceptors (Lipinski definition) is 2. The fourth-order valence-electron chi connectivity index (χ4n) is 1.65. The summed E-state index contributed by atoms with van der Waals surface area (Å²) in [7, 11) is 0. The van der Waals surface area contributed by atoms with Crippen molar-refractivity contribution in [2.24, 2.45) is 0 Å². The molecule has 0 saturated carbocycles. The van der Waals surface area contributed by atoms with E-state index in [4.69, 9.17) is 11.6 Å². The standard InChI is InChI=1S/C14H11ClF2N2O/c1-2-10-5-8(6-13(15)18-10)14(20)19-12-4-3-9(16)7-11(12)17/h3-7H,2H2,1H3,(H,19,20). The van der Waals surface area contributed by atoms with E-state index in [0.29, 0.717) is 18.2 Å². The third-order valence-electron chi connectivity index (χ3n) is 2.65. The second-order valence-electron chi connectivity index (χ2n) is 4.10. The molecule has 0 aliphatic heterocycles. The van der Waals surface area contributed by atoms with Gasteiger partial charge in [-0.1, -0.05) is 18.5 Å². The molecule has 2 aromatic rings. The highest BCUT2D eigenvalue weighted by molar-refractivity contribution is 6.29. The Morgan fingerprint density at radius 2 is 2.05 bits per heavy atom. The van der Waals surface area contributed by atoms with Crippen molar-refractivity contribution in [3.05, 3.63) is 58.4 Å². The number of carbonyl (C=O) groups is 1. The summed E-state index contributed by atoms with van der Waals surface area (Å²) in [6.45, 7) is 1.87. The molecular formula is C14H11ClF2N2O. The van der Waals surface area contributed by atoms with Crippen molar-refractivity contribution in [1.29, 1.82) is 0 Å². The molecule has 1 heterocycles. The van der Waals surface area contributed by atoms with Gasteiger partial charge in [0.05, 0.1) is 5.69 Å². The Morgan fingerprint density at radius 3 is 2.70 bits per heavy atom. The lowest BCUT2D eigenvalue weighted by Crippen LogP contribution is -2.14. The zero-order valence-corrected chi connectivity index (χ0v) is 11.3. The Labute approximate surface area is 119 Å². The zero-order valence-electron chi connectivity index (χ0n) is 10.6. The fraction of sp³-hybridized carbons (Fsp3) is 0.143. The molecule has 0 fully saturated rings. The number of amides is 1. The number of nitrogens with one attached hydrogen (secondary N) is 1. The summed E-state index contributed by atoms with van der Waals surface area (Å²) < 4.78 is 26.2. The van der Waals surface area contributed by atoms with Gasteiger partial charge in [0, 0.05) is 17.3 Å². The van der Waals surface area contributed by atoms with E-state index in [-0.39, 0.29) is 16.4 Å². The number of halogens is 3. The molecule has 6 heteroatoms. The lowest BCUT2D eigenvalue weighted by atomic mass is 10.2. The molecule has 0 unspecified atom stereocenters. The van der Waals surface area contributed by atoms with Crippen LogP contribution < -0.4 is 5.32 Å². The minimum absolute atomic E-state index is 0.0950. The van der Waals surface area contributed by atoms with Gasteiger partial charge < -0.3 is 5.32 Å². The van der Waals surface area contributed by atoms with E-state index in [2.05, 4.69) is 10.3 Å². The van der Waals surface area contributed by atoms with E-state index in [1.165, 1.54) is 6.07 Å². The van der Waals surface area contributed by atoms with Crippen molar-refractivity contribution in [3.63, 3.8) is 0 Å². The van der Waals surface area contributed by atoms with E-state index in [0.717, 1.165) is 12.1 Å². The molecule has 0 aliphatic rings. The van der Waals surface area contributed by atoms with Gasteiger partial charge in [-0.3, -0.25) is 4.79 Å². The first kappa shape index (κ1) is 14.4. The Bertz CT molecular complexity index is 662. The predicted molar refractivity (Wildman–Crippen MR) is 72.9 cm³/mol. The van der Waals surface area contributed by atoms with Crippen LogP contribution in [0, 0.1) is 11.6 Å². The van der Waals surface area contributed by atoms with Gasteiger partial charge in [0.1, 0.15) is 16.8 Å². The smallest absolute Gasteiger partial charge is 0.255 e. The average Bonchev–Trinajstić information content (AvgIpc) is 2.41.